The van der Waals surface area contributed by atoms with E-state index in [9.17, 15) is 0 Å². The summed E-state index contributed by atoms with van der Waals surface area (Å²) in [7, 11) is 0. The molecule has 2 rings (SSSR count). The van der Waals surface area contributed by atoms with E-state index in [0.29, 0.717) is 0 Å². The highest BCUT2D eigenvalue weighted by molar-refractivity contribution is 5.79. The zero-order valence-electron chi connectivity index (χ0n) is 10.4. The molecule has 1 heterocycles. The number of hydrogen-bond donors (Lipinski definition) is 0. The van der Waals surface area contributed by atoms with Crippen LogP contribution in [0.15, 0.2) is 53.7 Å². The van der Waals surface area contributed by atoms with Gasteiger partial charge in [-0.25, -0.2) is 0 Å². The topological polar surface area (TPSA) is 34.5 Å². The van der Waals surface area contributed by atoms with Crippen LogP contribution < -0.4 is 4.74 Å². The summed E-state index contributed by atoms with van der Waals surface area (Å²) in [6, 6.07) is 13.5. The van der Waals surface area contributed by atoms with Gasteiger partial charge in [0.2, 0.25) is 0 Å². The molecule has 3 heteroatoms. The van der Waals surface area contributed by atoms with Crippen molar-refractivity contribution in [2.75, 3.05) is 6.61 Å². The van der Waals surface area contributed by atoms with Gasteiger partial charge in [0.15, 0.2) is 0 Å². The summed E-state index contributed by atoms with van der Waals surface area (Å²) in [6.45, 7) is 2.80. The fraction of sp³-hybridized carbons (Fsp3) is 0.200. The lowest BCUT2D eigenvalue weighted by Gasteiger charge is -2.03. The van der Waals surface area contributed by atoms with E-state index in [1.54, 1.807) is 12.4 Å². The Kier molecular flexibility index (Phi) is 4.47. The zero-order chi connectivity index (χ0) is 12.6. The van der Waals surface area contributed by atoms with Gasteiger partial charge < -0.3 is 4.74 Å². The van der Waals surface area contributed by atoms with E-state index in [0.717, 1.165) is 30.2 Å². The van der Waals surface area contributed by atoms with Crippen molar-refractivity contribution in [3.05, 3.63) is 54.4 Å². The summed E-state index contributed by atoms with van der Waals surface area (Å²) < 4.78 is 5.55. The van der Waals surface area contributed by atoms with Crippen LogP contribution in [0.1, 0.15) is 19.0 Å². The summed E-state index contributed by atoms with van der Waals surface area (Å²) in [5.74, 6) is 0.835. The average molecular weight is 240 g/mol. The average Bonchev–Trinajstić information content (AvgIpc) is 2.44. The van der Waals surface area contributed by atoms with E-state index >= 15 is 0 Å². The number of ether oxygens (including phenoxy) is 1. The largest absolute Gasteiger partial charge is 0.493 e. The molecule has 1 aromatic heterocycles. The third kappa shape index (κ3) is 3.70. The maximum absolute atomic E-state index is 5.55. The lowest BCUT2D eigenvalue weighted by molar-refractivity contribution is 0.317. The zero-order valence-corrected chi connectivity index (χ0v) is 10.4. The van der Waals surface area contributed by atoms with Crippen LogP contribution in [-0.4, -0.2) is 17.8 Å². The van der Waals surface area contributed by atoms with E-state index in [1.165, 1.54) is 0 Å². The number of pyridine rings is 1. The quantitative estimate of drug-likeness (QED) is 0.748. The summed E-state index contributed by atoms with van der Waals surface area (Å²) >= 11 is 0. The van der Waals surface area contributed by atoms with E-state index < -0.39 is 0 Å². The smallest absolute Gasteiger partial charge is 0.123 e. The molecule has 92 valence electrons. The second-order valence-electron chi connectivity index (χ2n) is 3.86. The first kappa shape index (κ1) is 12.3. The van der Waals surface area contributed by atoms with Crippen LogP contribution in [0.25, 0.3) is 0 Å². The SMILES string of the molecule is CCCOc1ccnc(/C=N/c2ccccc2)c1. The highest BCUT2D eigenvalue weighted by Gasteiger charge is 1.95. The highest BCUT2D eigenvalue weighted by Crippen LogP contribution is 2.12. The van der Waals surface area contributed by atoms with Gasteiger partial charge >= 0.3 is 0 Å². The molecule has 0 aliphatic heterocycles. The fourth-order valence-corrected chi connectivity index (χ4v) is 1.46. The third-order valence-electron chi connectivity index (χ3n) is 2.33. The highest BCUT2D eigenvalue weighted by atomic mass is 16.5. The lowest BCUT2D eigenvalue weighted by atomic mass is 10.3. The molecule has 0 amide bonds. The van der Waals surface area contributed by atoms with E-state index in [1.807, 2.05) is 42.5 Å². The van der Waals surface area contributed by atoms with Crippen molar-refractivity contribution in [1.29, 1.82) is 0 Å². The van der Waals surface area contributed by atoms with Crippen molar-refractivity contribution < 1.29 is 4.74 Å². The van der Waals surface area contributed by atoms with Crippen LogP contribution in [0.4, 0.5) is 5.69 Å². The van der Waals surface area contributed by atoms with Crippen LogP contribution in [-0.2, 0) is 0 Å². The molecule has 0 aliphatic carbocycles. The number of rotatable bonds is 5. The van der Waals surface area contributed by atoms with E-state index in [2.05, 4.69) is 16.9 Å². The molecule has 0 aliphatic rings. The fourth-order valence-electron chi connectivity index (χ4n) is 1.46. The Labute approximate surface area is 107 Å². The number of para-hydroxylation sites is 1. The molecule has 0 saturated carbocycles. The van der Waals surface area contributed by atoms with Gasteiger partial charge in [-0.15, -0.1) is 0 Å². The number of nitrogens with zero attached hydrogens (tertiary/aromatic N) is 2. The summed E-state index contributed by atoms with van der Waals surface area (Å²) in [4.78, 5) is 8.59. The predicted molar refractivity (Wildman–Crippen MR) is 73.7 cm³/mol. The molecule has 0 atom stereocenters. The standard InChI is InChI=1S/C15H16N2O/c1-2-10-18-15-8-9-16-14(11-15)12-17-13-6-4-3-5-7-13/h3-9,11-12H,2,10H2,1H3/b17-12+. The van der Waals surface area contributed by atoms with Gasteiger partial charge in [-0.2, -0.15) is 0 Å². The maximum Gasteiger partial charge on any atom is 0.123 e. The first-order valence-electron chi connectivity index (χ1n) is 6.06. The second kappa shape index (κ2) is 6.55. The van der Waals surface area contributed by atoms with Crippen molar-refractivity contribution in [2.24, 2.45) is 4.99 Å². The van der Waals surface area contributed by atoms with Gasteiger partial charge in [0.1, 0.15) is 5.75 Å². The van der Waals surface area contributed by atoms with Gasteiger partial charge in [-0.3, -0.25) is 9.98 Å². The second-order valence-corrected chi connectivity index (χ2v) is 3.86. The Morgan fingerprint density at radius 1 is 1.22 bits per heavy atom. The van der Waals surface area contributed by atoms with Gasteiger partial charge in [-0.05, 0) is 24.6 Å². The Morgan fingerprint density at radius 2 is 2.06 bits per heavy atom. The molecule has 18 heavy (non-hydrogen) atoms. The molecule has 1 aromatic carbocycles. The molecule has 0 bridgehead atoms. The van der Waals surface area contributed by atoms with Gasteiger partial charge in [0, 0.05) is 12.3 Å². The van der Waals surface area contributed by atoms with Crippen LogP contribution >= 0.6 is 0 Å². The molecule has 3 nitrogen and oxygen atoms in total. The Hall–Kier alpha value is -2.16. The Balaban J connectivity index is 2.07. The van der Waals surface area contributed by atoms with Crippen LogP contribution in [0.2, 0.25) is 0 Å². The van der Waals surface area contributed by atoms with E-state index in [-0.39, 0.29) is 0 Å². The summed E-state index contributed by atoms with van der Waals surface area (Å²) in [5.41, 5.74) is 1.71. The first-order chi connectivity index (χ1) is 8.88. The van der Waals surface area contributed by atoms with Crippen molar-refractivity contribution in [1.82, 2.24) is 4.98 Å². The molecule has 2 aromatic rings. The number of aromatic nitrogens is 1. The minimum atomic E-state index is 0.722. The minimum Gasteiger partial charge on any atom is -0.493 e. The molecule has 0 unspecified atom stereocenters. The normalized spacial score (nSPS) is 10.7. The van der Waals surface area contributed by atoms with Crippen molar-refractivity contribution in [3.8, 4) is 5.75 Å². The van der Waals surface area contributed by atoms with Crippen molar-refractivity contribution >= 4 is 11.9 Å². The Morgan fingerprint density at radius 3 is 2.83 bits per heavy atom. The van der Waals surface area contributed by atoms with Crippen LogP contribution in [0.3, 0.4) is 0 Å². The lowest BCUT2D eigenvalue weighted by Crippen LogP contribution is -1.96. The van der Waals surface area contributed by atoms with Crippen molar-refractivity contribution in [3.63, 3.8) is 0 Å². The molecule has 0 saturated heterocycles. The Bertz CT molecular complexity index is 509. The minimum absolute atomic E-state index is 0.722. The number of hydrogen-bond acceptors (Lipinski definition) is 3. The maximum atomic E-state index is 5.55. The van der Waals surface area contributed by atoms with E-state index in [4.69, 9.17) is 4.74 Å². The third-order valence-corrected chi connectivity index (χ3v) is 2.33. The van der Waals surface area contributed by atoms with Crippen LogP contribution in [0.5, 0.6) is 5.75 Å². The molecular weight excluding hydrogens is 224 g/mol. The number of benzene rings is 1. The van der Waals surface area contributed by atoms with Gasteiger partial charge in [0.25, 0.3) is 0 Å². The molecule has 0 spiro atoms. The molecule has 0 N–H and O–H groups in total. The summed E-state index contributed by atoms with van der Waals surface area (Å²) in [6.07, 6.45) is 4.47. The van der Waals surface area contributed by atoms with Crippen molar-refractivity contribution in [2.45, 2.75) is 13.3 Å². The van der Waals surface area contributed by atoms with Crippen LogP contribution in [0, 0.1) is 0 Å². The molecule has 0 radical (unpaired) electrons. The molecular formula is C15H16N2O. The monoisotopic (exact) mass is 240 g/mol. The first-order valence-corrected chi connectivity index (χ1v) is 6.06. The van der Waals surface area contributed by atoms with Gasteiger partial charge in [0.05, 0.1) is 24.2 Å². The molecule has 0 fully saturated rings. The summed E-state index contributed by atoms with van der Waals surface area (Å²) in [5, 5.41) is 0. The number of aliphatic imine (C=N–C) groups is 1. The predicted octanol–water partition coefficient (Wildman–Crippen LogP) is 3.62. The van der Waals surface area contributed by atoms with Gasteiger partial charge in [-0.1, -0.05) is 25.1 Å².